The minimum atomic E-state index is -0.699. The second-order valence-corrected chi connectivity index (χ2v) is 7.75. The van der Waals surface area contributed by atoms with Gasteiger partial charge in [-0.2, -0.15) is 0 Å². The molecule has 1 aliphatic heterocycles. The van der Waals surface area contributed by atoms with Crippen molar-refractivity contribution in [3.63, 3.8) is 0 Å². The zero-order chi connectivity index (χ0) is 20.3. The van der Waals surface area contributed by atoms with Crippen LogP contribution < -0.4 is 0 Å². The van der Waals surface area contributed by atoms with Crippen LogP contribution in [0.5, 0.6) is 0 Å². The van der Waals surface area contributed by atoms with Crippen molar-refractivity contribution in [1.29, 1.82) is 0 Å². The number of amides is 1. The molecular weight excluding hydrogens is 446 g/mol. The molecule has 146 valence electrons. The summed E-state index contributed by atoms with van der Waals surface area (Å²) < 4.78 is 5.89. The number of carbonyl (C=O) groups is 2. The highest BCUT2D eigenvalue weighted by molar-refractivity contribution is 9.10. The van der Waals surface area contributed by atoms with Crippen LogP contribution in [0.4, 0.5) is 0 Å². The number of aliphatic hydroxyl groups excluding tert-OH is 1. The second kappa shape index (κ2) is 8.90. The smallest absolute Gasteiger partial charge is 0.295 e. The standard InChI is InChI=1S/C21H19BrClNO4/c1-28-11-3-10-24-18(14-4-2-5-15(22)12-14)17(20(26)21(24)27)19(25)13-6-8-16(23)9-7-13/h2,4-9,12,18,25H,3,10-11H2,1H3/t18-/m0/s1. The summed E-state index contributed by atoms with van der Waals surface area (Å²) in [6, 6.07) is 13.2. The lowest BCUT2D eigenvalue weighted by atomic mass is 9.95. The molecule has 1 atom stereocenters. The molecule has 1 N–H and O–H groups in total. The maximum Gasteiger partial charge on any atom is 0.295 e. The Bertz CT molecular complexity index is 926. The van der Waals surface area contributed by atoms with Crippen LogP contribution in [-0.4, -0.2) is 42.0 Å². The summed E-state index contributed by atoms with van der Waals surface area (Å²) >= 11 is 9.35. The van der Waals surface area contributed by atoms with Gasteiger partial charge in [-0.1, -0.05) is 39.7 Å². The van der Waals surface area contributed by atoms with E-state index in [1.54, 1.807) is 31.4 Å². The Morgan fingerprint density at radius 1 is 1.21 bits per heavy atom. The summed E-state index contributed by atoms with van der Waals surface area (Å²) in [5, 5.41) is 11.4. The van der Waals surface area contributed by atoms with Crippen LogP contribution in [0.2, 0.25) is 5.02 Å². The lowest BCUT2D eigenvalue weighted by molar-refractivity contribution is -0.140. The fourth-order valence-electron chi connectivity index (χ4n) is 3.28. The average molecular weight is 465 g/mol. The molecule has 1 aliphatic rings. The fourth-order valence-corrected chi connectivity index (χ4v) is 3.82. The van der Waals surface area contributed by atoms with E-state index < -0.39 is 17.7 Å². The molecule has 0 aliphatic carbocycles. The quantitative estimate of drug-likeness (QED) is 0.294. The van der Waals surface area contributed by atoms with Gasteiger partial charge in [0.1, 0.15) is 5.76 Å². The number of benzene rings is 2. The zero-order valence-corrected chi connectivity index (χ0v) is 17.5. The van der Waals surface area contributed by atoms with Gasteiger partial charge in [-0.25, -0.2) is 0 Å². The summed E-state index contributed by atoms with van der Waals surface area (Å²) in [4.78, 5) is 27.0. The van der Waals surface area contributed by atoms with Crippen LogP contribution in [0.3, 0.4) is 0 Å². The van der Waals surface area contributed by atoms with Crippen molar-refractivity contribution in [2.75, 3.05) is 20.3 Å². The minimum Gasteiger partial charge on any atom is -0.507 e. The predicted octanol–water partition coefficient (Wildman–Crippen LogP) is 4.56. The first-order valence-corrected chi connectivity index (χ1v) is 9.90. The molecule has 0 unspecified atom stereocenters. The van der Waals surface area contributed by atoms with Gasteiger partial charge < -0.3 is 14.7 Å². The topological polar surface area (TPSA) is 66.8 Å². The third kappa shape index (κ3) is 4.14. The Morgan fingerprint density at radius 3 is 2.57 bits per heavy atom. The van der Waals surface area contributed by atoms with Crippen molar-refractivity contribution < 1.29 is 19.4 Å². The van der Waals surface area contributed by atoms with E-state index in [1.807, 2.05) is 24.3 Å². The van der Waals surface area contributed by atoms with Crippen molar-refractivity contribution in [2.45, 2.75) is 12.5 Å². The molecule has 1 fully saturated rings. The van der Waals surface area contributed by atoms with Crippen molar-refractivity contribution in [3.05, 3.63) is 74.7 Å². The van der Waals surface area contributed by atoms with Crippen LogP contribution in [0.15, 0.2) is 58.6 Å². The number of rotatable bonds is 6. The van der Waals surface area contributed by atoms with Gasteiger partial charge in [0, 0.05) is 35.3 Å². The maximum absolute atomic E-state index is 12.8. The van der Waals surface area contributed by atoms with E-state index in [0.29, 0.717) is 30.2 Å². The van der Waals surface area contributed by atoms with Crippen LogP contribution in [0.25, 0.3) is 5.76 Å². The van der Waals surface area contributed by atoms with Crippen molar-refractivity contribution >= 4 is 45.0 Å². The first kappa shape index (κ1) is 20.6. The SMILES string of the molecule is COCCCN1C(=O)C(=O)C(=C(O)c2ccc(Cl)cc2)[C@@H]1c1cccc(Br)c1. The molecule has 0 aromatic heterocycles. The number of ketones is 1. The third-order valence-corrected chi connectivity index (χ3v) is 5.31. The van der Waals surface area contributed by atoms with Crippen LogP contribution in [0.1, 0.15) is 23.6 Å². The molecule has 3 rings (SSSR count). The molecular formula is C21H19BrClNO4. The molecule has 1 saturated heterocycles. The van der Waals surface area contributed by atoms with Crippen LogP contribution >= 0.6 is 27.5 Å². The van der Waals surface area contributed by atoms with Gasteiger partial charge in [-0.3, -0.25) is 9.59 Å². The van der Waals surface area contributed by atoms with E-state index in [2.05, 4.69) is 15.9 Å². The first-order chi connectivity index (χ1) is 13.4. The van der Waals surface area contributed by atoms with Gasteiger partial charge in [0.05, 0.1) is 11.6 Å². The number of likely N-dealkylation sites (tertiary alicyclic amines) is 1. The fraction of sp³-hybridized carbons (Fsp3) is 0.238. The van der Waals surface area contributed by atoms with Gasteiger partial charge in [0.2, 0.25) is 0 Å². The summed E-state index contributed by atoms with van der Waals surface area (Å²) in [5.74, 6) is -1.54. The summed E-state index contributed by atoms with van der Waals surface area (Å²) in [7, 11) is 1.58. The summed E-state index contributed by atoms with van der Waals surface area (Å²) in [5.41, 5.74) is 1.24. The molecule has 0 saturated carbocycles. The van der Waals surface area contributed by atoms with E-state index in [-0.39, 0.29) is 11.3 Å². The number of nitrogens with zero attached hydrogens (tertiary/aromatic N) is 1. The highest BCUT2D eigenvalue weighted by Gasteiger charge is 2.45. The number of Topliss-reactive ketones (excluding diaryl/α,β-unsaturated/α-hetero) is 1. The van der Waals surface area contributed by atoms with Gasteiger partial charge in [-0.05, 0) is 48.4 Å². The summed E-state index contributed by atoms with van der Waals surface area (Å²) in [6.07, 6.45) is 0.578. The first-order valence-electron chi connectivity index (χ1n) is 8.72. The Labute approximate surface area is 176 Å². The minimum absolute atomic E-state index is 0.0721. The number of hydrogen-bond donors (Lipinski definition) is 1. The van der Waals surface area contributed by atoms with Crippen molar-refractivity contribution in [1.82, 2.24) is 4.90 Å². The largest absolute Gasteiger partial charge is 0.507 e. The van der Waals surface area contributed by atoms with E-state index in [9.17, 15) is 14.7 Å². The molecule has 7 heteroatoms. The Balaban J connectivity index is 2.12. The number of carbonyl (C=O) groups excluding carboxylic acids is 2. The molecule has 28 heavy (non-hydrogen) atoms. The van der Waals surface area contributed by atoms with E-state index in [4.69, 9.17) is 16.3 Å². The number of methoxy groups -OCH3 is 1. The van der Waals surface area contributed by atoms with Crippen molar-refractivity contribution in [2.24, 2.45) is 0 Å². The monoisotopic (exact) mass is 463 g/mol. The molecule has 1 amide bonds. The molecule has 1 heterocycles. The lowest BCUT2D eigenvalue weighted by Crippen LogP contribution is -2.31. The number of ether oxygens (including phenoxy) is 1. The lowest BCUT2D eigenvalue weighted by Gasteiger charge is -2.25. The summed E-state index contributed by atoms with van der Waals surface area (Å²) in [6.45, 7) is 0.804. The highest BCUT2D eigenvalue weighted by atomic mass is 79.9. The number of aliphatic hydroxyl groups is 1. The highest BCUT2D eigenvalue weighted by Crippen LogP contribution is 2.40. The van der Waals surface area contributed by atoms with Crippen LogP contribution in [-0.2, 0) is 14.3 Å². The molecule has 0 spiro atoms. The number of hydrogen-bond acceptors (Lipinski definition) is 4. The van der Waals surface area contributed by atoms with Gasteiger partial charge in [-0.15, -0.1) is 0 Å². The van der Waals surface area contributed by atoms with Gasteiger partial charge >= 0.3 is 0 Å². The van der Waals surface area contributed by atoms with E-state index >= 15 is 0 Å². The molecule has 0 radical (unpaired) electrons. The third-order valence-electron chi connectivity index (χ3n) is 4.57. The molecule has 2 aromatic carbocycles. The zero-order valence-electron chi connectivity index (χ0n) is 15.2. The maximum atomic E-state index is 12.8. The molecule has 0 bridgehead atoms. The van der Waals surface area contributed by atoms with Crippen molar-refractivity contribution in [3.8, 4) is 0 Å². The normalized spacial score (nSPS) is 18.7. The Kier molecular flexibility index (Phi) is 6.54. The van der Waals surface area contributed by atoms with Gasteiger partial charge in [0.25, 0.3) is 11.7 Å². The Hall–Kier alpha value is -2.15. The molecule has 2 aromatic rings. The average Bonchev–Trinajstić information content (AvgIpc) is 2.93. The van der Waals surface area contributed by atoms with E-state index in [0.717, 1.165) is 10.0 Å². The Morgan fingerprint density at radius 2 is 1.93 bits per heavy atom. The van der Waals surface area contributed by atoms with Gasteiger partial charge in [0.15, 0.2) is 0 Å². The second-order valence-electron chi connectivity index (χ2n) is 6.40. The van der Waals surface area contributed by atoms with Crippen LogP contribution in [0, 0.1) is 0 Å². The molecule has 5 nitrogen and oxygen atoms in total. The predicted molar refractivity (Wildman–Crippen MR) is 111 cm³/mol. The van der Waals surface area contributed by atoms with E-state index in [1.165, 1.54) is 4.90 Å². The number of halogens is 2.